The Hall–Kier alpha value is -0.710. The number of amides is 2. The van der Waals surface area contributed by atoms with Crippen molar-refractivity contribution in [2.75, 3.05) is 6.54 Å². The van der Waals surface area contributed by atoms with E-state index < -0.39 is 5.91 Å². The van der Waals surface area contributed by atoms with E-state index in [1.807, 2.05) is 6.92 Å². The van der Waals surface area contributed by atoms with Crippen LogP contribution in [0.1, 0.15) is 19.8 Å². The molecule has 0 radical (unpaired) electrons. The van der Waals surface area contributed by atoms with Gasteiger partial charge in [0.05, 0.1) is 11.8 Å². The number of carbonyl (C=O) groups excluding carboxylic acids is 2. The second kappa shape index (κ2) is 5.88. The first kappa shape index (κ1) is 11.3. The van der Waals surface area contributed by atoms with Crippen LogP contribution in [0, 0.1) is 0 Å². The van der Waals surface area contributed by atoms with Crippen molar-refractivity contribution >= 4 is 24.4 Å². The molecule has 1 unspecified atom stereocenters. The summed E-state index contributed by atoms with van der Waals surface area (Å²) in [5.74, 6) is -0.778. The molecule has 0 saturated heterocycles. The van der Waals surface area contributed by atoms with Gasteiger partial charge in [-0.25, -0.2) is 0 Å². The SMILES string of the molecule is CCCC(S)C(=O)NCC(N)=O. The van der Waals surface area contributed by atoms with Crippen LogP contribution in [0.3, 0.4) is 0 Å². The van der Waals surface area contributed by atoms with E-state index in [2.05, 4.69) is 17.9 Å². The monoisotopic (exact) mass is 190 g/mol. The van der Waals surface area contributed by atoms with Crippen molar-refractivity contribution in [3.63, 3.8) is 0 Å². The number of nitrogens with two attached hydrogens (primary N) is 1. The molecular weight excluding hydrogens is 176 g/mol. The van der Waals surface area contributed by atoms with E-state index in [1.54, 1.807) is 0 Å². The molecule has 70 valence electrons. The average molecular weight is 190 g/mol. The van der Waals surface area contributed by atoms with E-state index in [-0.39, 0.29) is 17.7 Å². The van der Waals surface area contributed by atoms with Crippen molar-refractivity contribution in [1.82, 2.24) is 5.32 Å². The summed E-state index contributed by atoms with van der Waals surface area (Å²) in [6, 6.07) is 0. The van der Waals surface area contributed by atoms with Crippen LogP contribution < -0.4 is 11.1 Å². The predicted octanol–water partition coefficient (Wildman–Crippen LogP) is -0.314. The van der Waals surface area contributed by atoms with Crippen LogP contribution in [0.4, 0.5) is 0 Å². The lowest BCUT2D eigenvalue weighted by Gasteiger charge is -2.08. The van der Waals surface area contributed by atoms with E-state index in [1.165, 1.54) is 0 Å². The first-order valence-electron chi connectivity index (χ1n) is 3.82. The van der Waals surface area contributed by atoms with Crippen molar-refractivity contribution < 1.29 is 9.59 Å². The Bertz CT molecular complexity index is 173. The van der Waals surface area contributed by atoms with Gasteiger partial charge < -0.3 is 11.1 Å². The molecule has 0 aliphatic rings. The van der Waals surface area contributed by atoms with E-state index in [0.717, 1.165) is 6.42 Å². The molecule has 1 atom stereocenters. The maximum atomic E-state index is 11.0. The molecule has 0 aliphatic heterocycles. The summed E-state index contributed by atoms with van der Waals surface area (Å²) in [6.45, 7) is 1.85. The molecular formula is C7H14N2O2S. The van der Waals surface area contributed by atoms with E-state index in [4.69, 9.17) is 5.73 Å². The maximum Gasteiger partial charge on any atom is 0.236 e. The number of thiol groups is 1. The number of carbonyl (C=O) groups is 2. The summed E-state index contributed by atoms with van der Waals surface area (Å²) >= 11 is 4.04. The first-order chi connectivity index (χ1) is 5.57. The Morgan fingerprint density at radius 2 is 2.17 bits per heavy atom. The summed E-state index contributed by atoms with van der Waals surface area (Å²) in [5, 5.41) is 2.04. The van der Waals surface area contributed by atoms with Gasteiger partial charge in [-0.2, -0.15) is 12.6 Å². The quantitative estimate of drug-likeness (QED) is 0.520. The zero-order chi connectivity index (χ0) is 9.56. The fourth-order valence-electron chi connectivity index (χ4n) is 0.697. The molecule has 5 heteroatoms. The van der Waals surface area contributed by atoms with Gasteiger partial charge in [0.25, 0.3) is 0 Å². The molecule has 0 aliphatic carbocycles. The normalized spacial score (nSPS) is 12.2. The summed E-state index contributed by atoms with van der Waals surface area (Å²) in [5.41, 5.74) is 4.84. The van der Waals surface area contributed by atoms with Crippen LogP contribution in [0.5, 0.6) is 0 Å². The number of hydrogen-bond acceptors (Lipinski definition) is 3. The molecule has 12 heavy (non-hydrogen) atoms. The van der Waals surface area contributed by atoms with Crippen molar-refractivity contribution in [1.29, 1.82) is 0 Å². The van der Waals surface area contributed by atoms with Crippen LogP contribution in [0.2, 0.25) is 0 Å². The van der Waals surface area contributed by atoms with Gasteiger partial charge in [-0.3, -0.25) is 9.59 Å². The highest BCUT2D eigenvalue weighted by Crippen LogP contribution is 2.03. The summed E-state index contributed by atoms with van der Waals surface area (Å²) in [7, 11) is 0. The summed E-state index contributed by atoms with van der Waals surface area (Å²) < 4.78 is 0. The van der Waals surface area contributed by atoms with Gasteiger partial charge in [-0.05, 0) is 6.42 Å². The fraction of sp³-hybridized carbons (Fsp3) is 0.714. The van der Waals surface area contributed by atoms with E-state index in [9.17, 15) is 9.59 Å². The molecule has 0 rings (SSSR count). The predicted molar refractivity (Wildman–Crippen MR) is 49.9 cm³/mol. The molecule has 0 bridgehead atoms. The maximum absolute atomic E-state index is 11.0. The molecule has 0 spiro atoms. The second-order valence-electron chi connectivity index (χ2n) is 2.49. The highest BCUT2D eigenvalue weighted by atomic mass is 32.1. The summed E-state index contributed by atoms with van der Waals surface area (Å²) in [6.07, 6.45) is 1.59. The Morgan fingerprint density at radius 3 is 2.58 bits per heavy atom. The van der Waals surface area contributed by atoms with Crippen molar-refractivity contribution in [2.45, 2.75) is 25.0 Å². The smallest absolute Gasteiger partial charge is 0.236 e. The third-order valence-electron chi connectivity index (χ3n) is 1.30. The van der Waals surface area contributed by atoms with Gasteiger partial charge in [0, 0.05) is 0 Å². The molecule has 0 heterocycles. The Balaban J connectivity index is 3.64. The van der Waals surface area contributed by atoms with Crippen molar-refractivity contribution in [3.8, 4) is 0 Å². The summed E-state index contributed by atoms with van der Waals surface area (Å²) in [4.78, 5) is 21.3. The molecule has 0 fully saturated rings. The Labute approximate surface area is 77.3 Å². The van der Waals surface area contributed by atoms with E-state index in [0.29, 0.717) is 6.42 Å². The Morgan fingerprint density at radius 1 is 1.58 bits per heavy atom. The molecule has 0 aromatic heterocycles. The highest BCUT2D eigenvalue weighted by Gasteiger charge is 2.12. The third kappa shape index (κ3) is 5.01. The van der Waals surface area contributed by atoms with Gasteiger partial charge in [0.2, 0.25) is 11.8 Å². The number of hydrogen-bond donors (Lipinski definition) is 3. The van der Waals surface area contributed by atoms with Gasteiger partial charge in [0.15, 0.2) is 0 Å². The number of primary amides is 1. The van der Waals surface area contributed by atoms with Crippen LogP contribution >= 0.6 is 12.6 Å². The molecule has 2 amide bonds. The third-order valence-corrected chi connectivity index (χ3v) is 1.79. The minimum Gasteiger partial charge on any atom is -0.368 e. The van der Waals surface area contributed by atoms with Crippen LogP contribution in [0.25, 0.3) is 0 Å². The topological polar surface area (TPSA) is 72.2 Å². The molecule has 0 saturated carbocycles. The standard InChI is InChI=1S/C7H14N2O2S/c1-2-3-5(12)7(11)9-4-6(8)10/h5,12H,2-4H2,1H3,(H2,8,10)(H,9,11). The number of rotatable bonds is 5. The van der Waals surface area contributed by atoms with Crippen LogP contribution in [0.15, 0.2) is 0 Å². The molecule has 3 N–H and O–H groups in total. The zero-order valence-electron chi connectivity index (χ0n) is 7.04. The highest BCUT2D eigenvalue weighted by molar-refractivity contribution is 7.81. The van der Waals surface area contributed by atoms with Gasteiger partial charge in [0.1, 0.15) is 0 Å². The number of nitrogens with one attached hydrogen (secondary N) is 1. The second-order valence-corrected chi connectivity index (χ2v) is 3.11. The van der Waals surface area contributed by atoms with E-state index >= 15 is 0 Å². The minimum atomic E-state index is -0.541. The average Bonchev–Trinajstić information content (AvgIpc) is 2.00. The van der Waals surface area contributed by atoms with Crippen LogP contribution in [-0.4, -0.2) is 23.6 Å². The zero-order valence-corrected chi connectivity index (χ0v) is 7.93. The molecule has 0 aromatic carbocycles. The molecule has 0 aromatic rings. The minimum absolute atomic E-state index is 0.112. The Kier molecular flexibility index (Phi) is 5.53. The van der Waals surface area contributed by atoms with Gasteiger partial charge in [-0.15, -0.1) is 0 Å². The lowest BCUT2D eigenvalue weighted by atomic mass is 10.2. The van der Waals surface area contributed by atoms with Crippen LogP contribution in [-0.2, 0) is 9.59 Å². The fourth-order valence-corrected chi connectivity index (χ4v) is 1.05. The van der Waals surface area contributed by atoms with Gasteiger partial charge >= 0.3 is 0 Å². The largest absolute Gasteiger partial charge is 0.368 e. The van der Waals surface area contributed by atoms with Crippen molar-refractivity contribution in [3.05, 3.63) is 0 Å². The van der Waals surface area contributed by atoms with Crippen molar-refractivity contribution in [2.24, 2.45) is 5.73 Å². The lowest BCUT2D eigenvalue weighted by Crippen LogP contribution is -2.37. The first-order valence-corrected chi connectivity index (χ1v) is 4.33. The lowest BCUT2D eigenvalue weighted by molar-refractivity contribution is -0.124. The van der Waals surface area contributed by atoms with Gasteiger partial charge in [-0.1, -0.05) is 13.3 Å². The molecule has 4 nitrogen and oxygen atoms in total.